The van der Waals surface area contributed by atoms with Crippen LogP contribution in [-0.4, -0.2) is 35.5 Å². The highest BCUT2D eigenvalue weighted by Crippen LogP contribution is 2.23. The van der Waals surface area contributed by atoms with Gasteiger partial charge in [-0.05, 0) is 42.7 Å². The molecule has 0 radical (unpaired) electrons. The van der Waals surface area contributed by atoms with Crippen LogP contribution < -0.4 is 16.8 Å². The van der Waals surface area contributed by atoms with Crippen molar-refractivity contribution >= 4 is 21.1 Å². The van der Waals surface area contributed by atoms with Crippen LogP contribution in [0.2, 0.25) is 0 Å². The molecule has 0 saturated carbocycles. The molecule has 172 valence electrons. The fraction of sp³-hybridized carbons (Fsp3) is 0.417. The molecule has 1 aliphatic heterocycles. The third-order valence-electron chi connectivity index (χ3n) is 5.83. The summed E-state index contributed by atoms with van der Waals surface area (Å²) in [4.78, 5) is 17.7. The lowest BCUT2D eigenvalue weighted by Gasteiger charge is -2.29. The molecule has 3 rings (SSSR count). The van der Waals surface area contributed by atoms with Crippen molar-refractivity contribution in [3.05, 3.63) is 71.3 Å². The molecule has 1 fully saturated rings. The molecule has 2 aromatic carbocycles. The molecule has 0 aliphatic carbocycles. The first-order valence-corrected chi connectivity index (χ1v) is 11.6. The third-order valence-corrected chi connectivity index (χ3v) is 6.34. The van der Waals surface area contributed by atoms with Gasteiger partial charge in [-0.25, -0.2) is 0 Å². The number of nitrogens with zero attached hydrogens (tertiary/aromatic N) is 2. The monoisotopic (exact) mass is 455 g/mol. The van der Waals surface area contributed by atoms with Crippen LogP contribution in [0.1, 0.15) is 42.4 Å². The predicted octanol–water partition coefficient (Wildman–Crippen LogP) is 2.75. The van der Waals surface area contributed by atoms with Crippen molar-refractivity contribution in [2.24, 2.45) is 22.5 Å². The van der Waals surface area contributed by atoms with Gasteiger partial charge in [-0.15, -0.1) is 0 Å². The molecular weight excluding hydrogens is 421 g/mol. The third kappa shape index (κ3) is 7.90. The van der Waals surface area contributed by atoms with Crippen molar-refractivity contribution in [3.8, 4) is 0 Å². The summed E-state index contributed by atoms with van der Waals surface area (Å²) in [5.74, 6) is 0.876. The number of oxime groups is 1. The Bertz CT molecular complexity index is 868. The van der Waals surface area contributed by atoms with Crippen LogP contribution in [0, 0.1) is 5.92 Å². The Morgan fingerprint density at radius 3 is 2.50 bits per heavy atom. The van der Waals surface area contributed by atoms with Gasteiger partial charge in [0.05, 0.1) is 6.04 Å². The minimum absolute atomic E-state index is 0.104. The van der Waals surface area contributed by atoms with Crippen LogP contribution in [0.3, 0.4) is 0 Å². The molecule has 2 aromatic rings. The van der Waals surface area contributed by atoms with Crippen molar-refractivity contribution in [2.75, 3.05) is 13.1 Å². The molecule has 1 saturated heterocycles. The van der Waals surface area contributed by atoms with Gasteiger partial charge >= 0.3 is 0 Å². The second kappa shape index (κ2) is 12.5. The zero-order valence-corrected chi connectivity index (χ0v) is 19.6. The maximum atomic E-state index is 12.3. The number of amidine groups is 1. The summed E-state index contributed by atoms with van der Waals surface area (Å²) in [5.41, 5.74) is 14.9. The van der Waals surface area contributed by atoms with E-state index < -0.39 is 6.04 Å². The summed E-state index contributed by atoms with van der Waals surface area (Å²) in [6.07, 6.45) is 4.08. The van der Waals surface area contributed by atoms with Crippen LogP contribution in [0.15, 0.2) is 59.8 Å². The maximum absolute atomic E-state index is 12.3. The number of hydrogen-bond donors (Lipinski definition) is 3. The minimum atomic E-state index is -0.465. The largest absolute Gasteiger partial charge is 0.389 e. The van der Waals surface area contributed by atoms with E-state index in [1.54, 1.807) is 0 Å². The first-order chi connectivity index (χ1) is 15.5. The molecular formula is C24H34N5O2P. The van der Waals surface area contributed by atoms with Crippen LogP contribution in [0.25, 0.3) is 0 Å². The number of carbonyl (C=O) groups is 1. The summed E-state index contributed by atoms with van der Waals surface area (Å²) in [6, 6.07) is 16.9. The molecule has 7 nitrogen and oxygen atoms in total. The molecule has 1 amide bonds. The van der Waals surface area contributed by atoms with Gasteiger partial charge in [0, 0.05) is 25.2 Å². The molecule has 1 heterocycles. The fourth-order valence-corrected chi connectivity index (χ4v) is 4.00. The smallest absolute Gasteiger partial charge is 0.237 e. The van der Waals surface area contributed by atoms with E-state index in [1.807, 2.05) is 54.6 Å². The van der Waals surface area contributed by atoms with Crippen LogP contribution in [0.4, 0.5) is 0 Å². The number of rotatable bonds is 10. The lowest BCUT2D eigenvalue weighted by atomic mass is 9.91. The van der Waals surface area contributed by atoms with Crippen molar-refractivity contribution in [2.45, 2.75) is 44.9 Å². The number of piperidine rings is 1. The van der Waals surface area contributed by atoms with Gasteiger partial charge in [0.15, 0.2) is 5.84 Å². The van der Waals surface area contributed by atoms with Gasteiger partial charge in [-0.3, -0.25) is 9.46 Å². The van der Waals surface area contributed by atoms with E-state index in [0.717, 1.165) is 42.6 Å². The zero-order chi connectivity index (χ0) is 22.8. The maximum Gasteiger partial charge on any atom is 0.237 e. The molecule has 32 heavy (non-hydrogen) atoms. The fourth-order valence-electron chi connectivity index (χ4n) is 3.70. The number of nitrogens with one attached hydrogen (secondary N) is 1. The summed E-state index contributed by atoms with van der Waals surface area (Å²) in [5, 5.41) is 6.92. The van der Waals surface area contributed by atoms with Crippen molar-refractivity contribution in [1.82, 2.24) is 9.99 Å². The van der Waals surface area contributed by atoms with Gasteiger partial charge in [-0.2, -0.15) is 0 Å². The Hall–Kier alpha value is -2.47. The highest BCUT2D eigenvalue weighted by molar-refractivity contribution is 7.13. The average Bonchev–Trinajstić information content (AvgIpc) is 2.83. The van der Waals surface area contributed by atoms with E-state index in [0.29, 0.717) is 24.9 Å². The molecule has 5 N–H and O–H groups in total. The van der Waals surface area contributed by atoms with Crippen molar-refractivity contribution in [3.63, 3.8) is 0 Å². The topological polar surface area (TPSA) is 106 Å². The Balaban J connectivity index is 1.38. The molecule has 0 spiro atoms. The van der Waals surface area contributed by atoms with Gasteiger partial charge in [0.2, 0.25) is 5.91 Å². The Morgan fingerprint density at radius 2 is 1.81 bits per heavy atom. The molecule has 2 unspecified atom stereocenters. The van der Waals surface area contributed by atoms with E-state index >= 15 is 0 Å². The second-order valence-corrected chi connectivity index (χ2v) is 9.04. The van der Waals surface area contributed by atoms with Gasteiger partial charge in [0.1, 0.15) is 6.61 Å². The number of hydrogen-bond acceptors (Lipinski definition) is 5. The lowest BCUT2D eigenvalue weighted by molar-refractivity contribution is -0.122. The highest BCUT2D eigenvalue weighted by Gasteiger charge is 2.20. The molecule has 0 aromatic heterocycles. The first kappa shape index (κ1) is 24.2. The average molecular weight is 456 g/mol. The van der Waals surface area contributed by atoms with Crippen LogP contribution in [-0.2, 0) is 22.8 Å². The number of nitrogens with two attached hydrogens (primary N) is 2. The molecule has 8 heteroatoms. The van der Waals surface area contributed by atoms with Gasteiger partial charge in [0.25, 0.3) is 0 Å². The molecule has 0 bridgehead atoms. The summed E-state index contributed by atoms with van der Waals surface area (Å²) < 4.78 is 2.27. The summed E-state index contributed by atoms with van der Waals surface area (Å²) in [6.45, 7) is 2.99. The van der Waals surface area contributed by atoms with Gasteiger partial charge < -0.3 is 21.6 Å². The minimum Gasteiger partial charge on any atom is -0.389 e. The summed E-state index contributed by atoms with van der Waals surface area (Å²) in [7, 11) is 2.76. The molecule has 2 atom stereocenters. The predicted molar refractivity (Wildman–Crippen MR) is 131 cm³/mol. The highest BCUT2D eigenvalue weighted by atomic mass is 31.0. The second-order valence-electron chi connectivity index (χ2n) is 8.31. The lowest BCUT2D eigenvalue weighted by Crippen LogP contribution is -2.40. The van der Waals surface area contributed by atoms with E-state index in [2.05, 4.69) is 24.5 Å². The van der Waals surface area contributed by atoms with Crippen molar-refractivity contribution < 1.29 is 9.63 Å². The number of amides is 1. The quantitative estimate of drug-likeness (QED) is 0.221. The number of benzene rings is 2. The van der Waals surface area contributed by atoms with E-state index in [1.165, 1.54) is 12.8 Å². The van der Waals surface area contributed by atoms with Gasteiger partial charge in [-0.1, -0.05) is 69.1 Å². The SMILES string of the molecule is NC(=NOCc1ccccc1)c1ccc(CNC(=O)C(N)CCC2CCN(P)CC2)cc1. The van der Waals surface area contributed by atoms with Crippen LogP contribution >= 0.6 is 9.39 Å². The van der Waals surface area contributed by atoms with E-state index in [4.69, 9.17) is 16.3 Å². The van der Waals surface area contributed by atoms with Crippen LogP contribution in [0.5, 0.6) is 0 Å². The number of carbonyl (C=O) groups excluding carboxylic acids is 1. The Morgan fingerprint density at radius 1 is 1.12 bits per heavy atom. The Labute approximate surface area is 192 Å². The standard InChI is InChI=1S/C24H34N5O2P/c25-22(11-8-18-12-14-29(32)15-13-18)24(30)27-16-19-6-9-21(10-7-19)23(26)28-31-17-20-4-2-1-3-5-20/h1-7,9-10,18,22H,8,11-17,25,32H2,(H2,26,28)(H,27,30). The first-order valence-electron chi connectivity index (χ1n) is 11.1. The summed E-state index contributed by atoms with van der Waals surface area (Å²) >= 11 is 0. The molecule has 1 aliphatic rings. The normalized spacial score (nSPS) is 16.5. The Kier molecular flexibility index (Phi) is 9.47. The van der Waals surface area contributed by atoms with E-state index in [-0.39, 0.29) is 5.91 Å². The van der Waals surface area contributed by atoms with Crippen molar-refractivity contribution in [1.29, 1.82) is 0 Å². The van der Waals surface area contributed by atoms with E-state index in [9.17, 15) is 4.79 Å². The zero-order valence-electron chi connectivity index (χ0n) is 18.5.